The summed E-state index contributed by atoms with van der Waals surface area (Å²) in [6.07, 6.45) is 0.182. The SMILES string of the molecule is CCC(O)c1ccc(Oc2ccc([N+](=O)[O-])cc2C)cc1. The van der Waals surface area contributed by atoms with E-state index in [4.69, 9.17) is 4.74 Å². The van der Waals surface area contributed by atoms with Gasteiger partial charge < -0.3 is 9.84 Å². The quantitative estimate of drug-likeness (QED) is 0.662. The molecule has 2 aromatic rings. The average Bonchev–Trinajstić information content (AvgIpc) is 2.49. The molecular weight excluding hydrogens is 270 g/mol. The van der Waals surface area contributed by atoms with Crippen LogP contribution in [0.4, 0.5) is 5.69 Å². The van der Waals surface area contributed by atoms with E-state index < -0.39 is 11.0 Å². The fourth-order valence-corrected chi connectivity index (χ4v) is 1.98. The van der Waals surface area contributed by atoms with Crippen molar-refractivity contribution in [3.05, 3.63) is 63.7 Å². The Balaban J connectivity index is 2.16. The number of hydrogen-bond acceptors (Lipinski definition) is 4. The van der Waals surface area contributed by atoms with Crippen LogP contribution in [0.15, 0.2) is 42.5 Å². The first kappa shape index (κ1) is 15.0. The van der Waals surface area contributed by atoms with Crippen molar-refractivity contribution in [3.8, 4) is 11.5 Å². The molecule has 0 fully saturated rings. The second kappa shape index (κ2) is 6.37. The van der Waals surface area contributed by atoms with Gasteiger partial charge in [0.2, 0.25) is 0 Å². The molecule has 1 N–H and O–H groups in total. The van der Waals surface area contributed by atoms with Crippen molar-refractivity contribution < 1.29 is 14.8 Å². The molecule has 1 unspecified atom stereocenters. The van der Waals surface area contributed by atoms with Crippen molar-refractivity contribution in [1.29, 1.82) is 0 Å². The third-order valence-electron chi connectivity index (χ3n) is 3.25. The third-order valence-corrected chi connectivity index (χ3v) is 3.25. The summed E-state index contributed by atoms with van der Waals surface area (Å²) < 4.78 is 5.71. The van der Waals surface area contributed by atoms with E-state index in [0.717, 1.165) is 5.56 Å². The second-order valence-electron chi connectivity index (χ2n) is 4.80. The standard InChI is InChI=1S/C16H17NO4/c1-3-15(18)12-4-7-14(8-5-12)21-16-9-6-13(17(19)20)10-11(16)2/h4-10,15,18H,3H2,1-2H3. The molecule has 110 valence electrons. The van der Waals surface area contributed by atoms with E-state index in [0.29, 0.717) is 23.5 Å². The molecule has 0 amide bonds. The molecule has 1 atom stereocenters. The van der Waals surface area contributed by atoms with Gasteiger partial charge in [-0.1, -0.05) is 19.1 Å². The van der Waals surface area contributed by atoms with Crippen LogP contribution in [-0.2, 0) is 0 Å². The smallest absolute Gasteiger partial charge is 0.269 e. The first-order valence-electron chi connectivity index (χ1n) is 6.72. The molecule has 2 aromatic carbocycles. The lowest BCUT2D eigenvalue weighted by Gasteiger charge is -2.11. The summed E-state index contributed by atoms with van der Waals surface area (Å²) in [5, 5.41) is 20.4. The number of ether oxygens (including phenoxy) is 1. The summed E-state index contributed by atoms with van der Waals surface area (Å²) in [5.41, 5.74) is 1.58. The molecule has 0 radical (unpaired) electrons. The van der Waals surface area contributed by atoms with Crippen LogP contribution in [0.1, 0.15) is 30.6 Å². The van der Waals surface area contributed by atoms with Crippen molar-refractivity contribution in [1.82, 2.24) is 0 Å². The van der Waals surface area contributed by atoms with E-state index >= 15 is 0 Å². The molecule has 2 rings (SSSR count). The van der Waals surface area contributed by atoms with Crippen LogP contribution in [0.2, 0.25) is 0 Å². The van der Waals surface area contributed by atoms with Crippen molar-refractivity contribution in [2.24, 2.45) is 0 Å². The highest BCUT2D eigenvalue weighted by Crippen LogP contribution is 2.29. The molecule has 0 spiro atoms. The van der Waals surface area contributed by atoms with E-state index in [1.54, 1.807) is 25.1 Å². The number of aliphatic hydroxyl groups excluding tert-OH is 1. The summed E-state index contributed by atoms with van der Waals surface area (Å²) in [5.74, 6) is 1.20. The number of rotatable bonds is 5. The lowest BCUT2D eigenvalue weighted by atomic mass is 10.1. The van der Waals surface area contributed by atoms with E-state index in [9.17, 15) is 15.2 Å². The van der Waals surface area contributed by atoms with Gasteiger partial charge in [0, 0.05) is 12.1 Å². The Morgan fingerprint density at radius 3 is 2.43 bits per heavy atom. The third kappa shape index (κ3) is 3.58. The molecule has 0 aliphatic carbocycles. The Morgan fingerprint density at radius 2 is 1.90 bits per heavy atom. The van der Waals surface area contributed by atoms with Gasteiger partial charge in [0.1, 0.15) is 11.5 Å². The Bertz CT molecular complexity index is 637. The number of nitro benzene ring substituents is 1. The molecule has 0 aromatic heterocycles. The Labute approximate surface area is 123 Å². The first-order valence-corrected chi connectivity index (χ1v) is 6.72. The highest BCUT2D eigenvalue weighted by atomic mass is 16.6. The van der Waals surface area contributed by atoms with Gasteiger partial charge in [-0.15, -0.1) is 0 Å². The lowest BCUT2D eigenvalue weighted by Crippen LogP contribution is -1.95. The fourth-order valence-electron chi connectivity index (χ4n) is 1.98. The van der Waals surface area contributed by atoms with Crippen LogP contribution in [0, 0.1) is 17.0 Å². The van der Waals surface area contributed by atoms with E-state index in [2.05, 4.69) is 0 Å². The van der Waals surface area contributed by atoms with Crippen molar-refractivity contribution in [2.45, 2.75) is 26.4 Å². The molecule has 0 aliphatic rings. The minimum atomic E-state index is -0.472. The van der Waals surface area contributed by atoms with Gasteiger partial charge in [0.25, 0.3) is 5.69 Å². The summed E-state index contributed by atoms with van der Waals surface area (Å²) in [4.78, 5) is 10.3. The zero-order valence-electron chi connectivity index (χ0n) is 11.9. The molecule has 0 heterocycles. The highest BCUT2D eigenvalue weighted by Gasteiger charge is 2.10. The van der Waals surface area contributed by atoms with Gasteiger partial charge in [-0.3, -0.25) is 10.1 Å². The van der Waals surface area contributed by atoms with Gasteiger partial charge in [0.15, 0.2) is 0 Å². The average molecular weight is 287 g/mol. The van der Waals surface area contributed by atoms with Crippen LogP contribution >= 0.6 is 0 Å². The van der Waals surface area contributed by atoms with Crippen LogP contribution in [0.25, 0.3) is 0 Å². The van der Waals surface area contributed by atoms with Gasteiger partial charge >= 0.3 is 0 Å². The van der Waals surface area contributed by atoms with Gasteiger partial charge in [0.05, 0.1) is 11.0 Å². The number of aliphatic hydroxyl groups is 1. The Morgan fingerprint density at radius 1 is 1.24 bits per heavy atom. The fraction of sp³-hybridized carbons (Fsp3) is 0.250. The number of benzene rings is 2. The first-order chi connectivity index (χ1) is 10.0. The van der Waals surface area contributed by atoms with Crippen LogP contribution < -0.4 is 4.74 Å². The number of nitro groups is 1. The maximum atomic E-state index is 10.7. The lowest BCUT2D eigenvalue weighted by molar-refractivity contribution is -0.384. The Hall–Kier alpha value is -2.40. The largest absolute Gasteiger partial charge is 0.457 e. The molecule has 0 saturated carbocycles. The summed E-state index contributed by atoms with van der Waals surface area (Å²) >= 11 is 0. The molecule has 5 heteroatoms. The molecule has 0 bridgehead atoms. The molecular formula is C16H17NO4. The highest BCUT2D eigenvalue weighted by molar-refractivity contribution is 5.45. The molecule has 0 saturated heterocycles. The van der Waals surface area contributed by atoms with Gasteiger partial charge in [-0.25, -0.2) is 0 Å². The maximum absolute atomic E-state index is 10.7. The molecule has 21 heavy (non-hydrogen) atoms. The number of aryl methyl sites for hydroxylation is 1. The zero-order valence-corrected chi connectivity index (χ0v) is 11.9. The number of nitrogens with zero attached hydrogens (tertiary/aromatic N) is 1. The predicted octanol–water partition coefficient (Wildman–Crippen LogP) is 4.14. The minimum Gasteiger partial charge on any atom is -0.457 e. The summed E-state index contributed by atoms with van der Waals surface area (Å²) in [7, 11) is 0. The topological polar surface area (TPSA) is 72.6 Å². The van der Waals surface area contributed by atoms with E-state index in [-0.39, 0.29) is 5.69 Å². The van der Waals surface area contributed by atoms with Gasteiger partial charge in [-0.2, -0.15) is 0 Å². The summed E-state index contributed by atoms with van der Waals surface area (Å²) in [6.45, 7) is 3.67. The maximum Gasteiger partial charge on any atom is 0.269 e. The van der Waals surface area contributed by atoms with Crippen LogP contribution in [0.5, 0.6) is 11.5 Å². The van der Waals surface area contributed by atoms with Crippen LogP contribution in [-0.4, -0.2) is 10.0 Å². The summed E-state index contributed by atoms with van der Waals surface area (Å²) in [6, 6.07) is 11.6. The minimum absolute atomic E-state index is 0.0428. The monoisotopic (exact) mass is 287 g/mol. The molecule has 0 aliphatic heterocycles. The normalized spacial score (nSPS) is 12.0. The number of non-ortho nitro benzene ring substituents is 1. The van der Waals surface area contributed by atoms with Crippen LogP contribution in [0.3, 0.4) is 0 Å². The van der Waals surface area contributed by atoms with E-state index in [1.807, 2.05) is 19.1 Å². The van der Waals surface area contributed by atoms with E-state index in [1.165, 1.54) is 12.1 Å². The second-order valence-corrected chi connectivity index (χ2v) is 4.80. The van der Waals surface area contributed by atoms with Crippen molar-refractivity contribution >= 4 is 5.69 Å². The molecule has 5 nitrogen and oxygen atoms in total. The van der Waals surface area contributed by atoms with Crippen molar-refractivity contribution in [3.63, 3.8) is 0 Å². The predicted molar refractivity (Wildman–Crippen MR) is 79.6 cm³/mol. The van der Waals surface area contributed by atoms with Crippen molar-refractivity contribution in [2.75, 3.05) is 0 Å². The Kier molecular flexibility index (Phi) is 4.55. The zero-order chi connectivity index (χ0) is 15.4. The number of hydrogen-bond donors (Lipinski definition) is 1. The van der Waals surface area contributed by atoms with Gasteiger partial charge in [-0.05, 0) is 42.7 Å².